The van der Waals surface area contributed by atoms with Crippen LogP contribution in [0.25, 0.3) is 0 Å². The molecule has 6 atom stereocenters. The zero-order valence-electron chi connectivity index (χ0n) is 21.2. The molecule has 2 aliphatic carbocycles. The van der Waals surface area contributed by atoms with Gasteiger partial charge < -0.3 is 5.11 Å². The highest BCUT2D eigenvalue weighted by atomic mass is 35.5. The molecule has 0 aromatic heterocycles. The molecule has 39 heavy (non-hydrogen) atoms. The summed E-state index contributed by atoms with van der Waals surface area (Å²) in [6, 6.07) is 11.0. The summed E-state index contributed by atoms with van der Waals surface area (Å²) in [6.07, 6.45) is 2.55. The average molecular weight is 571 g/mol. The van der Waals surface area contributed by atoms with E-state index in [4.69, 9.17) is 23.2 Å². The van der Waals surface area contributed by atoms with Crippen LogP contribution in [0.2, 0.25) is 0 Å². The normalized spacial score (nSPS) is 33.7. The molecule has 3 fully saturated rings. The standard InChI is InChI=1S/C29H25Cl2FN2O5/c1-3-14-7-9-15(10-8-14)34-24(36)17-12-11-16-19(21(17)25(34)37)13-28(30)26(38)33(2)27(39)29(28,31)22(16)18-5-4-6-20(32)23(18)35/h4-11,17,19,21-22,35H,3,12-13H2,1-2H3. The minimum absolute atomic E-state index is 0.00958. The van der Waals surface area contributed by atoms with Crippen molar-refractivity contribution >= 4 is 52.5 Å². The average Bonchev–Trinajstić information content (AvgIpc) is 3.25. The first-order chi connectivity index (χ1) is 18.5. The molecule has 10 heteroatoms. The number of phenolic OH excluding ortho intramolecular Hbond substituents is 1. The molecule has 2 saturated heterocycles. The Hall–Kier alpha value is -3.23. The van der Waals surface area contributed by atoms with E-state index >= 15 is 0 Å². The first-order valence-corrected chi connectivity index (χ1v) is 13.6. The Labute approximate surface area is 234 Å². The number of anilines is 1. The van der Waals surface area contributed by atoms with Gasteiger partial charge in [0.15, 0.2) is 21.3 Å². The smallest absolute Gasteiger partial charge is 0.253 e. The van der Waals surface area contributed by atoms with Crippen molar-refractivity contribution in [1.29, 1.82) is 0 Å². The number of halogens is 3. The number of imide groups is 2. The number of carbonyl (C=O) groups is 4. The number of hydrogen-bond donors (Lipinski definition) is 1. The topological polar surface area (TPSA) is 95.0 Å². The molecule has 1 saturated carbocycles. The number of rotatable bonds is 3. The second-order valence-corrected chi connectivity index (χ2v) is 11.9. The van der Waals surface area contributed by atoms with E-state index < -0.39 is 62.7 Å². The van der Waals surface area contributed by atoms with E-state index in [0.717, 1.165) is 23.0 Å². The number of fused-ring (bicyclic) bond motifs is 4. The number of carbonyl (C=O) groups excluding carboxylic acids is 4. The third-order valence-corrected chi connectivity index (χ3v) is 10.4. The highest BCUT2D eigenvalue weighted by Crippen LogP contribution is 2.66. The van der Waals surface area contributed by atoms with Gasteiger partial charge in [0, 0.05) is 18.5 Å². The zero-order valence-corrected chi connectivity index (χ0v) is 22.7. The van der Waals surface area contributed by atoms with E-state index in [1.165, 1.54) is 24.1 Å². The van der Waals surface area contributed by atoms with Crippen molar-refractivity contribution in [2.75, 3.05) is 11.9 Å². The van der Waals surface area contributed by atoms with Crippen molar-refractivity contribution < 1.29 is 28.7 Å². The highest BCUT2D eigenvalue weighted by Gasteiger charge is 2.76. The number of likely N-dealkylation sites (tertiary alicyclic amines) is 1. The fourth-order valence-corrected chi connectivity index (χ4v) is 8.00. The van der Waals surface area contributed by atoms with Crippen LogP contribution in [0, 0.1) is 23.6 Å². The summed E-state index contributed by atoms with van der Waals surface area (Å²) in [7, 11) is 1.27. The maximum absolute atomic E-state index is 14.6. The molecule has 2 heterocycles. The van der Waals surface area contributed by atoms with Gasteiger partial charge in [-0.1, -0.05) is 42.8 Å². The number of alkyl halides is 2. The number of hydrogen-bond acceptors (Lipinski definition) is 5. The van der Waals surface area contributed by atoms with Crippen LogP contribution < -0.4 is 4.90 Å². The number of nitrogens with zero attached hydrogens (tertiary/aromatic N) is 2. The fourth-order valence-electron chi connectivity index (χ4n) is 6.99. The third-order valence-electron chi connectivity index (χ3n) is 8.95. The van der Waals surface area contributed by atoms with Crippen molar-refractivity contribution in [3.05, 3.63) is 71.1 Å². The molecule has 1 N–H and O–H groups in total. The minimum atomic E-state index is -2.08. The van der Waals surface area contributed by atoms with Gasteiger partial charge in [-0.2, -0.15) is 0 Å². The van der Waals surface area contributed by atoms with E-state index in [1.807, 2.05) is 19.1 Å². The van der Waals surface area contributed by atoms with Crippen LogP contribution in [-0.4, -0.2) is 50.4 Å². The number of amides is 4. The molecule has 4 amide bonds. The summed E-state index contributed by atoms with van der Waals surface area (Å²) >= 11 is 14.1. The number of aromatic hydroxyl groups is 1. The Morgan fingerprint density at radius 2 is 1.69 bits per heavy atom. The van der Waals surface area contributed by atoms with Crippen molar-refractivity contribution in [3.8, 4) is 5.75 Å². The molecule has 6 rings (SSSR count). The van der Waals surface area contributed by atoms with Crippen LogP contribution in [-0.2, 0) is 25.6 Å². The number of allylic oxidation sites excluding steroid dienone is 2. The Kier molecular flexibility index (Phi) is 5.76. The SMILES string of the molecule is CCc1ccc(N2C(=O)C3CC=C4C(CC5(Cl)C(=O)N(C)C(=O)C5(Cl)C4c4cccc(F)c4O)C3C2=O)cc1. The molecule has 2 aromatic rings. The van der Waals surface area contributed by atoms with E-state index in [0.29, 0.717) is 11.3 Å². The second-order valence-electron chi connectivity index (χ2n) is 10.7. The van der Waals surface area contributed by atoms with Gasteiger partial charge in [-0.25, -0.2) is 4.39 Å². The summed E-state index contributed by atoms with van der Waals surface area (Å²) in [5.74, 6) is -7.48. The lowest BCUT2D eigenvalue weighted by atomic mass is 9.56. The number of benzene rings is 2. The van der Waals surface area contributed by atoms with Crippen molar-refractivity contribution in [1.82, 2.24) is 4.90 Å². The summed E-state index contributed by atoms with van der Waals surface area (Å²) in [4.78, 5) is 52.4. The van der Waals surface area contributed by atoms with Crippen LogP contribution in [0.4, 0.5) is 10.1 Å². The van der Waals surface area contributed by atoms with Crippen molar-refractivity contribution in [3.63, 3.8) is 0 Å². The Morgan fingerprint density at radius 1 is 1.00 bits per heavy atom. The lowest BCUT2D eigenvalue weighted by Crippen LogP contribution is -2.60. The molecule has 0 spiro atoms. The zero-order chi connectivity index (χ0) is 28.0. The maximum atomic E-state index is 14.6. The molecule has 2 aromatic carbocycles. The van der Waals surface area contributed by atoms with Gasteiger partial charge in [-0.15, -0.1) is 23.2 Å². The van der Waals surface area contributed by atoms with Crippen molar-refractivity contribution in [2.45, 2.75) is 41.9 Å². The van der Waals surface area contributed by atoms with Crippen LogP contribution in [0.1, 0.15) is 36.8 Å². The summed E-state index contributed by atoms with van der Waals surface area (Å²) in [5, 5.41) is 10.7. The van der Waals surface area contributed by atoms with Gasteiger partial charge in [0.25, 0.3) is 11.8 Å². The predicted octanol–water partition coefficient (Wildman–Crippen LogP) is 4.29. The monoisotopic (exact) mass is 570 g/mol. The van der Waals surface area contributed by atoms with E-state index in [9.17, 15) is 28.7 Å². The molecule has 0 radical (unpaired) electrons. The summed E-state index contributed by atoms with van der Waals surface area (Å²) in [5.41, 5.74) is 1.99. The van der Waals surface area contributed by atoms with Crippen LogP contribution in [0.3, 0.4) is 0 Å². The summed E-state index contributed by atoms with van der Waals surface area (Å²) < 4.78 is 14.6. The highest BCUT2D eigenvalue weighted by molar-refractivity contribution is 6.53. The van der Waals surface area contributed by atoms with Crippen LogP contribution in [0.15, 0.2) is 54.1 Å². The quantitative estimate of drug-likeness (QED) is 0.337. The summed E-state index contributed by atoms with van der Waals surface area (Å²) in [6.45, 7) is 2.00. The van der Waals surface area contributed by atoms with Gasteiger partial charge in [0.1, 0.15) is 0 Å². The largest absolute Gasteiger partial charge is 0.505 e. The Bertz CT molecular complexity index is 1490. The van der Waals surface area contributed by atoms with Gasteiger partial charge in [-0.3, -0.25) is 29.0 Å². The predicted molar refractivity (Wildman–Crippen MR) is 142 cm³/mol. The number of aryl methyl sites for hydroxylation is 1. The second kappa shape index (κ2) is 8.63. The van der Waals surface area contributed by atoms with E-state index in [1.54, 1.807) is 18.2 Å². The van der Waals surface area contributed by atoms with Gasteiger partial charge >= 0.3 is 0 Å². The molecular formula is C29H25Cl2FN2O5. The molecule has 6 unspecified atom stereocenters. The molecule has 4 aliphatic rings. The van der Waals surface area contributed by atoms with Crippen molar-refractivity contribution in [2.24, 2.45) is 17.8 Å². The first-order valence-electron chi connectivity index (χ1n) is 12.8. The van der Waals surface area contributed by atoms with E-state index in [-0.39, 0.29) is 24.3 Å². The maximum Gasteiger partial charge on any atom is 0.253 e. The third kappa shape index (κ3) is 3.21. The number of phenols is 1. The minimum Gasteiger partial charge on any atom is -0.505 e. The van der Waals surface area contributed by atoms with Gasteiger partial charge in [-0.05, 0) is 48.9 Å². The molecule has 202 valence electrons. The van der Waals surface area contributed by atoms with Crippen LogP contribution in [0.5, 0.6) is 5.75 Å². The van der Waals surface area contributed by atoms with Crippen LogP contribution >= 0.6 is 23.2 Å². The molecule has 0 bridgehead atoms. The Morgan fingerprint density at radius 3 is 2.36 bits per heavy atom. The fraction of sp³-hybridized carbons (Fsp3) is 0.379. The molecule has 2 aliphatic heterocycles. The first kappa shape index (κ1) is 26.0. The molecule has 7 nitrogen and oxygen atoms in total. The Balaban J connectivity index is 1.51. The van der Waals surface area contributed by atoms with Gasteiger partial charge in [0.05, 0.1) is 17.5 Å². The van der Waals surface area contributed by atoms with Gasteiger partial charge in [0.2, 0.25) is 11.8 Å². The lowest BCUT2D eigenvalue weighted by molar-refractivity contribution is -0.138. The van der Waals surface area contributed by atoms with E-state index in [2.05, 4.69) is 0 Å². The lowest BCUT2D eigenvalue weighted by Gasteiger charge is -2.50. The number of para-hydroxylation sites is 1. The molecular weight excluding hydrogens is 546 g/mol.